The van der Waals surface area contributed by atoms with Crippen LogP contribution in [0.3, 0.4) is 0 Å². The highest BCUT2D eigenvalue weighted by Crippen LogP contribution is 2.29. The second kappa shape index (κ2) is 7.72. The largest absolute Gasteiger partial charge is 0.324 e. The highest BCUT2D eigenvalue weighted by molar-refractivity contribution is 7.92. The van der Waals surface area contributed by atoms with Crippen molar-refractivity contribution in [3.8, 4) is 0 Å². The summed E-state index contributed by atoms with van der Waals surface area (Å²) in [5.41, 5.74) is 3.93. The summed E-state index contributed by atoms with van der Waals surface area (Å²) in [6.07, 6.45) is 1.11. The fourth-order valence-electron chi connectivity index (χ4n) is 3.06. The number of nitrogens with zero attached hydrogens (tertiary/aromatic N) is 1. The summed E-state index contributed by atoms with van der Waals surface area (Å²) in [7, 11) is -3.60. The summed E-state index contributed by atoms with van der Waals surface area (Å²) in [4.78, 5) is 12.7. The summed E-state index contributed by atoms with van der Waals surface area (Å²) in [6.45, 7) is 9.72. The van der Waals surface area contributed by atoms with Crippen LogP contribution in [0.1, 0.15) is 37.5 Å². The zero-order chi connectivity index (χ0) is 20.4. The Morgan fingerprint density at radius 1 is 1.04 bits per heavy atom. The SMILES string of the molecule is Cc1cc(C)cc(N(CC(=O)Nc2ccccc2C(C)(C)C)S(C)(=O)=O)c1. The Labute approximate surface area is 162 Å². The average molecular weight is 389 g/mol. The summed E-state index contributed by atoms with van der Waals surface area (Å²) < 4.78 is 25.8. The van der Waals surface area contributed by atoms with Gasteiger partial charge >= 0.3 is 0 Å². The van der Waals surface area contributed by atoms with Crippen LogP contribution in [0, 0.1) is 13.8 Å². The number of hydrogen-bond donors (Lipinski definition) is 1. The minimum Gasteiger partial charge on any atom is -0.324 e. The molecule has 0 radical (unpaired) electrons. The van der Waals surface area contributed by atoms with Crippen LogP contribution in [0.15, 0.2) is 42.5 Å². The molecule has 0 saturated heterocycles. The molecule has 0 spiro atoms. The van der Waals surface area contributed by atoms with Crippen LogP contribution in [-0.4, -0.2) is 27.1 Å². The number of benzene rings is 2. The van der Waals surface area contributed by atoms with E-state index in [0.29, 0.717) is 11.4 Å². The lowest BCUT2D eigenvalue weighted by atomic mass is 9.86. The van der Waals surface area contributed by atoms with Crippen LogP contribution in [0.4, 0.5) is 11.4 Å². The predicted octanol–water partition coefficient (Wildman–Crippen LogP) is 4.01. The standard InChI is InChI=1S/C21H28N2O3S/c1-15-11-16(2)13-17(12-15)23(27(6,25)26)14-20(24)22-19-10-8-7-9-18(19)21(3,4)5/h7-13H,14H2,1-6H3,(H,22,24). The molecule has 6 heteroatoms. The van der Waals surface area contributed by atoms with Crippen molar-refractivity contribution in [3.63, 3.8) is 0 Å². The smallest absolute Gasteiger partial charge is 0.245 e. The topological polar surface area (TPSA) is 66.5 Å². The number of sulfonamides is 1. The number of amides is 1. The van der Waals surface area contributed by atoms with E-state index in [4.69, 9.17) is 0 Å². The Morgan fingerprint density at radius 2 is 1.59 bits per heavy atom. The van der Waals surface area contributed by atoms with Gasteiger partial charge in [-0.1, -0.05) is 45.0 Å². The van der Waals surface area contributed by atoms with Crippen LogP contribution < -0.4 is 9.62 Å². The highest BCUT2D eigenvalue weighted by Gasteiger charge is 2.23. The molecule has 0 aliphatic heterocycles. The first-order valence-electron chi connectivity index (χ1n) is 8.83. The van der Waals surface area contributed by atoms with E-state index < -0.39 is 10.0 Å². The second-order valence-corrected chi connectivity index (χ2v) is 9.87. The quantitative estimate of drug-likeness (QED) is 0.842. The summed E-state index contributed by atoms with van der Waals surface area (Å²) in [5.74, 6) is -0.378. The summed E-state index contributed by atoms with van der Waals surface area (Å²) in [5, 5.41) is 2.87. The molecule has 1 N–H and O–H groups in total. The minimum atomic E-state index is -3.60. The van der Waals surface area contributed by atoms with Crippen molar-refractivity contribution in [1.29, 1.82) is 0 Å². The van der Waals surface area contributed by atoms with E-state index in [2.05, 4.69) is 26.1 Å². The third-order valence-corrected chi connectivity index (χ3v) is 5.33. The number of nitrogens with one attached hydrogen (secondary N) is 1. The van der Waals surface area contributed by atoms with E-state index in [1.165, 1.54) is 0 Å². The molecule has 0 aliphatic carbocycles. The van der Waals surface area contributed by atoms with Crippen molar-refractivity contribution in [2.24, 2.45) is 0 Å². The maximum absolute atomic E-state index is 12.7. The van der Waals surface area contributed by atoms with E-state index in [9.17, 15) is 13.2 Å². The Hall–Kier alpha value is -2.34. The van der Waals surface area contributed by atoms with Crippen LogP contribution in [0.25, 0.3) is 0 Å². The molecule has 0 unspecified atom stereocenters. The maximum atomic E-state index is 12.7. The first-order chi connectivity index (χ1) is 12.4. The normalized spacial score (nSPS) is 11.9. The van der Waals surface area contributed by atoms with Gasteiger partial charge in [0.15, 0.2) is 0 Å². The fourth-order valence-corrected chi connectivity index (χ4v) is 3.90. The molecule has 0 aromatic heterocycles. The molecule has 0 bridgehead atoms. The van der Waals surface area contributed by atoms with Gasteiger partial charge in [0.25, 0.3) is 0 Å². The number of aryl methyl sites for hydroxylation is 2. The van der Waals surface area contributed by atoms with Crippen molar-refractivity contribution in [2.75, 3.05) is 22.4 Å². The summed E-state index contributed by atoms with van der Waals surface area (Å²) >= 11 is 0. The molecular weight excluding hydrogens is 360 g/mol. The molecule has 2 aromatic carbocycles. The van der Waals surface area contributed by atoms with Crippen LogP contribution in [-0.2, 0) is 20.2 Å². The molecule has 0 saturated carbocycles. The number of rotatable bonds is 5. The van der Waals surface area contributed by atoms with E-state index in [0.717, 1.165) is 27.3 Å². The second-order valence-electron chi connectivity index (χ2n) is 7.96. The first-order valence-corrected chi connectivity index (χ1v) is 10.7. The monoisotopic (exact) mass is 388 g/mol. The lowest BCUT2D eigenvalue weighted by molar-refractivity contribution is -0.114. The van der Waals surface area contributed by atoms with Gasteiger partial charge in [-0.05, 0) is 54.2 Å². The van der Waals surface area contributed by atoms with E-state index in [1.807, 2.05) is 44.2 Å². The maximum Gasteiger partial charge on any atom is 0.245 e. The van der Waals surface area contributed by atoms with Crippen LogP contribution >= 0.6 is 0 Å². The first kappa shape index (κ1) is 21.0. The van der Waals surface area contributed by atoms with Crippen molar-refractivity contribution in [3.05, 3.63) is 59.2 Å². The van der Waals surface area contributed by atoms with E-state index in [-0.39, 0.29) is 17.9 Å². The van der Waals surface area contributed by atoms with Gasteiger partial charge in [0.05, 0.1) is 11.9 Å². The summed E-state index contributed by atoms with van der Waals surface area (Å²) in [6, 6.07) is 13.1. The Kier molecular flexibility index (Phi) is 6.00. The predicted molar refractivity (Wildman–Crippen MR) is 112 cm³/mol. The fraction of sp³-hybridized carbons (Fsp3) is 0.381. The van der Waals surface area contributed by atoms with E-state index in [1.54, 1.807) is 12.1 Å². The zero-order valence-electron chi connectivity index (χ0n) is 16.8. The Balaban J connectivity index is 2.31. The molecule has 0 atom stereocenters. The molecule has 0 aliphatic rings. The van der Waals surface area contributed by atoms with Gasteiger partial charge < -0.3 is 5.32 Å². The number of anilines is 2. The minimum absolute atomic E-state index is 0.145. The number of carbonyl (C=O) groups excluding carboxylic acids is 1. The molecule has 0 heterocycles. The number of carbonyl (C=O) groups is 1. The van der Waals surface area contributed by atoms with Gasteiger partial charge in [-0.15, -0.1) is 0 Å². The zero-order valence-corrected chi connectivity index (χ0v) is 17.6. The third-order valence-electron chi connectivity index (χ3n) is 4.19. The molecule has 146 valence electrons. The number of hydrogen-bond acceptors (Lipinski definition) is 3. The lowest BCUT2D eigenvalue weighted by Gasteiger charge is -2.25. The number of para-hydroxylation sites is 1. The Bertz CT molecular complexity index is 924. The molecule has 0 fully saturated rings. The van der Waals surface area contributed by atoms with Crippen molar-refractivity contribution in [2.45, 2.75) is 40.0 Å². The molecule has 1 amide bonds. The van der Waals surface area contributed by atoms with Crippen molar-refractivity contribution in [1.82, 2.24) is 0 Å². The third kappa shape index (κ3) is 5.57. The van der Waals surface area contributed by atoms with Crippen LogP contribution in [0.5, 0.6) is 0 Å². The van der Waals surface area contributed by atoms with Gasteiger partial charge in [0.2, 0.25) is 15.9 Å². The Morgan fingerprint density at radius 3 is 2.11 bits per heavy atom. The van der Waals surface area contributed by atoms with Crippen molar-refractivity contribution >= 4 is 27.3 Å². The van der Waals surface area contributed by atoms with Gasteiger partial charge in [0.1, 0.15) is 6.54 Å². The molecule has 2 rings (SSSR count). The molecular formula is C21H28N2O3S. The highest BCUT2D eigenvalue weighted by atomic mass is 32.2. The molecule has 5 nitrogen and oxygen atoms in total. The molecule has 2 aromatic rings. The van der Waals surface area contributed by atoms with Crippen molar-refractivity contribution < 1.29 is 13.2 Å². The lowest BCUT2D eigenvalue weighted by Crippen LogP contribution is -2.37. The van der Waals surface area contributed by atoms with Crippen LogP contribution in [0.2, 0.25) is 0 Å². The molecule has 27 heavy (non-hydrogen) atoms. The van der Waals surface area contributed by atoms with Gasteiger partial charge in [-0.25, -0.2) is 8.42 Å². The van der Waals surface area contributed by atoms with Gasteiger partial charge in [-0.3, -0.25) is 9.10 Å². The van der Waals surface area contributed by atoms with E-state index >= 15 is 0 Å². The van der Waals surface area contributed by atoms with Gasteiger partial charge in [-0.2, -0.15) is 0 Å². The van der Waals surface area contributed by atoms with Gasteiger partial charge in [0, 0.05) is 5.69 Å². The average Bonchev–Trinajstić information content (AvgIpc) is 2.50.